The molecule has 25 heavy (non-hydrogen) atoms. The highest BCUT2D eigenvalue weighted by molar-refractivity contribution is 5.69. The summed E-state index contributed by atoms with van der Waals surface area (Å²) in [6.45, 7) is 9.36. The van der Waals surface area contributed by atoms with E-state index in [9.17, 15) is 4.79 Å². The highest BCUT2D eigenvalue weighted by atomic mass is 16.6. The minimum absolute atomic E-state index is 0.183. The summed E-state index contributed by atoms with van der Waals surface area (Å²) in [5.41, 5.74) is 0.896. The molecule has 1 aromatic rings. The van der Waals surface area contributed by atoms with Crippen LogP contribution in [0, 0.1) is 5.92 Å². The highest BCUT2D eigenvalue weighted by Crippen LogP contribution is 2.31. The van der Waals surface area contributed by atoms with Crippen molar-refractivity contribution in [1.82, 2.24) is 9.80 Å². The zero-order valence-corrected chi connectivity index (χ0v) is 15.8. The first-order valence-electron chi connectivity index (χ1n) is 9.19. The van der Waals surface area contributed by atoms with E-state index in [-0.39, 0.29) is 6.09 Å². The molecule has 0 aromatic heterocycles. The number of amides is 1. The fraction of sp³-hybridized carbons (Fsp3) is 0.650. The zero-order chi connectivity index (χ0) is 18.0. The molecule has 1 saturated heterocycles. The van der Waals surface area contributed by atoms with Crippen LogP contribution in [0.1, 0.15) is 39.2 Å². The van der Waals surface area contributed by atoms with E-state index in [1.165, 1.54) is 18.4 Å². The molecule has 1 heterocycles. The Kier molecular flexibility index (Phi) is 5.23. The fourth-order valence-electron chi connectivity index (χ4n) is 3.24. The number of hydrogen-bond acceptors (Lipinski definition) is 4. The second kappa shape index (κ2) is 7.24. The van der Waals surface area contributed by atoms with Gasteiger partial charge in [-0.3, -0.25) is 4.90 Å². The lowest BCUT2D eigenvalue weighted by Crippen LogP contribution is -2.55. The molecule has 0 N–H and O–H groups in total. The van der Waals surface area contributed by atoms with Crippen LogP contribution in [0.3, 0.4) is 0 Å². The Morgan fingerprint density at radius 2 is 1.84 bits per heavy atom. The third kappa shape index (κ3) is 5.11. The quantitative estimate of drug-likeness (QED) is 0.790. The molecule has 1 aliphatic carbocycles. The first kappa shape index (κ1) is 18.1. The maximum Gasteiger partial charge on any atom is 0.410 e. The summed E-state index contributed by atoms with van der Waals surface area (Å²) in [6, 6.07) is 9.03. The minimum atomic E-state index is -0.420. The lowest BCUT2D eigenvalue weighted by molar-refractivity contribution is -0.00727. The SMILES string of the molecule is COc1ccc(CN(CC2CN(C(=O)OC(C)(C)C)C2)C2CC2)cc1. The van der Waals surface area contributed by atoms with Crippen LogP contribution >= 0.6 is 0 Å². The summed E-state index contributed by atoms with van der Waals surface area (Å²) >= 11 is 0. The molecule has 2 fully saturated rings. The van der Waals surface area contributed by atoms with Crippen LogP contribution in [0.4, 0.5) is 4.79 Å². The molecule has 138 valence electrons. The van der Waals surface area contributed by atoms with Crippen LogP contribution in [0.25, 0.3) is 0 Å². The number of ether oxygens (including phenoxy) is 2. The topological polar surface area (TPSA) is 42.0 Å². The third-order valence-electron chi connectivity index (χ3n) is 4.71. The molecule has 5 nitrogen and oxygen atoms in total. The maximum atomic E-state index is 12.0. The van der Waals surface area contributed by atoms with E-state index >= 15 is 0 Å². The van der Waals surface area contributed by atoms with Gasteiger partial charge in [-0.2, -0.15) is 0 Å². The van der Waals surface area contributed by atoms with Crippen LogP contribution in [0.5, 0.6) is 5.75 Å². The van der Waals surface area contributed by atoms with Crippen LogP contribution in [-0.4, -0.2) is 54.3 Å². The first-order chi connectivity index (χ1) is 11.8. The summed E-state index contributed by atoms with van der Waals surface area (Å²) in [5, 5.41) is 0. The number of carbonyl (C=O) groups is 1. The molecule has 0 spiro atoms. The summed E-state index contributed by atoms with van der Waals surface area (Å²) in [6.07, 6.45) is 2.40. The molecule has 0 atom stereocenters. The zero-order valence-electron chi connectivity index (χ0n) is 15.8. The van der Waals surface area contributed by atoms with E-state index in [4.69, 9.17) is 9.47 Å². The van der Waals surface area contributed by atoms with Crippen molar-refractivity contribution in [2.45, 2.75) is 51.8 Å². The van der Waals surface area contributed by atoms with Gasteiger partial charge in [-0.05, 0) is 51.3 Å². The highest BCUT2D eigenvalue weighted by Gasteiger charge is 2.37. The molecule has 1 aromatic carbocycles. The number of rotatable bonds is 6. The molecule has 0 unspecified atom stereocenters. The van der Waals surface area contributed by atoms with Gasteiger partial charge in [0, 0.05) is 38.1 Å². The van der Waals surface area contributed by atoms with E-state index in [0.29, 0.717) is 12.0 Å². The van der Waals surface area contributed by atoms with Crippen molar-refractivity contribution in [2.75, 3.05) is 26.7 Å². The summed E-state index contributed by atoms with van der Waals surface area (Å²) in [4.78, 5) is 16.4. The van der Waals surface area contributed by atoms with E-state index in [1.807, 2.05) is 37.8 Å². The smallest absolute Gasteiger partial charge is 0.410 e. The molecule has 0 bridgehead atoms. The first-order valence-corrected chi connectivity index (χ1v) is 9.19. The largest absolute Gasteiger partial charge is 0.497 e. The van der Waals surface area contributed by atoms with Gasteiger partial charge < -0.3 is 14.4 Å². The predicted molar refractivity (Wildman–Crippen MR) is 97.7 cm³/mol. The van der Waals surface area contributed by atoms with Crippen molar-refractivity contribution in [3.05, 3.63) is 29.8 Å². The van der Waals surface area contributed by atoms with Gasteiger partial charge in [-0.25, -0.2) is 4.79 Å². The van der Waals surface area contributed by atoms with Crippen molar-refractivity contribution < 1.29 is 14.3 Å². The van der Waals surface area contributed by atoms with Gasteiger partial charge in [0.2, 0.25) is 0 Å². The number of methoxy groups -OCH3 is 1. The number of likely N-dealkylation sites (tertiary alicyclic amines) is 1. The van der Waals surface area contributed by atoms with Gasteiger partial charge in [0.15, 0.2) is 0 Å². The van der Waals surface area contributed by atoms with Crippen LogP contribution in [0.2, 0.25) is 0 Å². The lowest BCUT2D eigenvalue weighted by atomic mass is 9.99. The Balaban J connectivity index is 1.48. The molecule has 2 aliphatic rings. The fourth-order valence-corrected chi connectivity index (χ4v) is 3.24. The number of hydrogen-bond donors (Lipinski definition) is 0. The summed E-state index contributed by atoms with van der Waals surface area (Å²) in [5.74, 6) is 1.44. The lowest BCUT2D eigenvalue weighted by Gasteiger charge is -2.42. The minimum Gasteiger partial charge on any atom is -0.497 e. The summed E-state index contributed by atoms with van der Waals surface area (Å²) in [7, 11) is 1.69. The molecule has 1 amide bonds. The molecular formula is C20H30N2O3. The monoisotopic (exact) mass is 346 g/mol. The van der Waals surface area contributed by atoms with Gasteiger partial charge in [0.05, 0.1) is 7.11 Å². The standard InChI is InChI=1S/C20H30N2O3/c1-20(2,3)25-19(23)22-13-16(14-22)12-21(17-7-8-17)11-15-5-9-18(24-4)10-6-15/h5-6,9-10,16-17H,7-8,11-14H2,1-4H3. The average molecular weight is 346 g/mol. The van der Waals surface area contributed by atoms with Gasteiger partial charge in [-0.15, -0.1) is 0 Å². The number of carbonyl (C=O) groups excluding carboxylic acids is 1. The Hall–Kier alpha value is -1.75. The van der Waals surface area contributed by atoms with Gasteiger partial charge in [0.25, 0.3) is 0 Å². The van der Waals surface area contributed by atoms with Crippen molar-refractivity contribution in [3.63, 3.8) is 0 Å². The van der Waals surface area contributed by atoms with Crippen LogP contribution in [0.15, 0.2) is 24.3 Å². The molecular weight excluding hydrogens is 316 g/mol. The van der Waals surface area contributed by atoms with Crippen molar-refractivity contribution in [3.8, 4) is 5.75 Å². The molecule has 1 aliphatic heterocycles. The normalized spacial score (nSPS) is 18.2. The van der Waals surface area contributed by atoms with E-state index in [1.54, 1.807) is 7.11 Å². The molecule has 0 radical (unpaired) electrons. The van der Waals surface area contributed by atoms with E-state index < -0.39 is 5.60 Å². The Bertz CT molecular complexity index is 584. The number of nitrogens with zero attached hydrogens (tertiary/aromatic N) is 2. The molecule has 5 heteroatoms. The third-order valence-corrected chi connectivity index (χ3v) is 4.71. The molecule has 1 saturated carbocycles. The average Bonchev–Trinajstić information content (AvgIpc) is 3.32. The van der Waals surface area contributed by atoms with Crippen LogP contribution in [-0.2, 0) is 11.3 Å². The van der Waals surface area contributed by atoms with Gasteiger partial charge in [0.1, 0.15) is 11.4 Å². The van der Waals surface area contributed by atoms with Crippen molar-refractivity contribution >= 4 is 6.09 Å². The second-order valence-electron chi connectivity index (χ2n) is 8.26. The Labute approximate surface area is 150 Å². The Morgan fingerprint density at radius 3 is 2.36 bits per heavy atom. The van der Waals surface area contributed by atoms with E-state index in [2.05, 4.69) is 17.0 Å². The van der Waals surface area contributed by atoms with Crippen LogP contribution < -0.4 is 4.74 Å². The van der Waals surface area contributed by atoms with Crippen molar-refractivity contribution in [1.29, 1.82) is 0 Å². The second-order valence-corrected chi connectivity index (χ2v) is 8.26. The van der Waals surface area contributed by atoms with Gasteiger partial charge >= 0.3 is 6.09 Å². The van der Waals surface area contributed by atoms with E-state index in [0.717, 1.165) is 31.9 Å². The van der Waals surface area contributed by atoms with Crippen molar-refractivity contribution in [2.24, 2.45) is 5.92 Å². The maximum absolute atomic E-state index is 12.0. The summed E-state index contributed by atoms with van der Waals surface area (Å²) < 4.78 is 10.7. The van der Waals surface area contributed by atoms with Gasteiger partial charge in [-0.1, -0.05) is 12.1 Å². The molecule has 3 rings (SSSR count). The number of benzene rings is 1. The predicted octanol–water partition coefficient (Wildman–Crippen LogP) is 3.53. The Morgan fingerprint density at radius 1 is 1.20 bits per heavy atom.